The molecule has 1 saturated heterocycles. The summed E-state index contributed by atoms with van der Waals surface area (Å²) in [5, 5.41) is 3.06. The van der Waals surface area contributed by atoms with Crippen LogP contribution in [0.3, 0.4) is 0 Å². The number of hydrogen-bond acceptors (Lipinski definition) is 3. The van der Waals surface area contributed by atoms with Crippen molar-refractivity contribution in [2.45, 2.75) is 30.8 Å². The van der Waals surface area contributed by atoms with Crippen molar-refractivity contribution in [3.63, 3.8) is 0 Å². The van der Waals surface area contributed by atoms with Gasteiger partial charge in [0.15, 0.2) is 0 Å². The minimum Gasteiger partial charge on any atom is -0.317 e. The van der Waals surface area contributed by atoms with Crippen LogP contribution in [0.2, 0.25) is 5.02 Å². The van der Waals surface area contributed by atoms with Gasteiger partial charge >= 0.3 is 6.18 Å². The Hall–Kier alpha value is -0.830. The Labute approximate surface area is 145 Å². The summed E-state index contributed by atoms with van der Waals surface area (Å²) < 4.78 is 66.0. The molecule has 0 aliphatic carbocycles. The third kappa shape index (κ3) is 4.41. The number of benzene rings is 1. The summed E-state index contributed by atoms with van der Waals surface area (Å²) in [5.74, 6) is 0.337. The molecule has 0 spiro atoms. The van der Waals surface area contributed by atoms with Crippen molar-refractivity contribution in [1.82, 2.24) is 9.62 Å². The van der Waals surface area contributed by atoms with E-state index in [0.717, 1.165) is 23.5 Å². The zero-order valence-electron chi connectivity index (χ0n) is 13.2. The molecule has 0 aromatic heterocycles. The van der Waals surface area contributed by atoms with Crippen molar-refractivity contribution >= 4 is 21.6 Å². The SMILES string of the molecule is CCNCC1CCN(S(=O)(=O)c2ccc(Cl)cc2C(F)(F)F)CC1. The van der Waals surface area contributed by atoms with E-state index in [0.29, 0.717) is 24.8 Å². The maximum absolute atomic E-state index is 13.2. The summed E-state index contributed by atoms with van der Waals surface area (Å²) >= 11 is 5.61. The number of nitrogens with zero attached hydrogens (tertiary/aromatic N) is 1. The van der Waals surface area contributed by atoms with Crippen LogP contribution in [-0.4, -0.2) is 38.9 Å². The van der Waals surface area contributed by atoms with E-state index in [2.05, 4.69) is 5.32 Å². The highest BCUT2D eigenvalue weighted by atomic mass is 35.5. The zero-order valence-corrected chi connectivity index (χ0v) is 14.8. The monoisotopic (exact) mass is 384 g/mol. The highest BCUT2D eigenvalue weighted by Gasteiger charge is 2.40. The van der Waals surface area contributed by atoms with Gasteiger partial charge in [-0.05, 0) is 50.0 Å². The summed E-state index contributed by atoms with van der Waals surface area (Å²) in [6, 6.07) is 2.76. The Balaban J connectivity index is 2.23. The molecule has 0 atom stereocenters. The molecule has 1 N–H and O–H groups in total. The predicted octanol–water partition coefficient (Wildman–Crippen LogP) is 3.37. The van der Waals surface area contributed by atoms with E-state index in [1.54, 1.807) is 0 Å². The van der Waals surface area contributed by atoms with Crippen LogP contribution in [0, 0.1) is 5.92 Å². The molecule has 1 heterocycles. The largest absolute Gasteiger partial charge is 0.417 e. The third-order valence-electron chi connectivity index (χ3n) is 4.12. The van der Waals surface area contributed by atoms with Gasteiger partial charge in [-0.1, -0.05) is 18.5 Å². The first-order valence-corrected chi connectivity index (χ1v) is 9.55. The molecule has 1 aliphatic heterocycles. The maximum Gasteiger partial charge on any atom is 0.417 e. The van der Waals surface area contributed by atoms with Crippen LogP contribution in [0.5, 0.6) is 0 Å². The molecule has 1 fully saturated rings. The second-order valence-electron chi connectivity index (χ2n) is 5.79. The van der Waals surface area contributed by atoms with Crippen LogP contribution in [-0.2, 0) is 16.2 Å². The second-order valence-corrected chi connectivity index (χ2v) is 8.14. The Morgan fingerprint density at radius 2 is 1.92 bits per heavy atom. The number of alkyl halides is 3. The van der Waals surface area contributed by atoms with Crippen molar-refractivity contribution in [2.24, 2.45) is 5.92 Å². The Morgan fingerprint density at radius 3 is 2.46 bits per heavy atom. The molecular weight excluding hydrogens is 365 g/mol. The number of rotatable bonds is 5. The van der Waals surface area contributed by atoms with E-state index in [1.165, 1.54) is 6.07 Å². The zero-order chi connectivity index (χ0) is 18.0. The number of nitrogens with one attached hydrogen (secondary N) is 1. The summed E-state index contributed by atoms with van der Waals surface area (Å²) in [6.45, 7) is 4.05. The van der Waals surface area contributed by atoms with Gasteiger partial charge in [0.05, 0.1) is 10.5 Å². The lowest BCUT2D eigenvalue weighted by Gasteiger charge is -2.32. The number of halogens is 4. The van der Waals surface area contributed by atoms with Gasteiger partial charge in [0.2, 0.25) is 10.0 Å². The number of hydrogen-bond donors (Lipinski definition) is 1. The van der Waals surface area contributed by atoms with E-state index in [4.69, 9.17) is 11.6 Å². The van der Waals surface area contributed by atoms with Crippen molar-refractivity contribution < 1.29 is 21.6 Å². The Bertz CT molecular complexity index is 672. The van der Waals surface area contributed by atoms with E-state index in [9.17, 15) is 21.6 Å². The summed E-state index contributed by atoms with van der Waals surface area (Å²) in [6.07, 6.45) is -3.53. The van der Waals surface area contributed by atoms with Gasteiger partial charge in [-0.2, -0.15) is 17.5 Å². The average Bonchev–Trinajstić information content (AvgIpc) is 2.52. The highest BCUT2D eigenvalue weighted by molar-refractivity contribution is 7.89. The van der Waals surface area contributed by atoms with E-state index in [1.807, 2.05) is 6.92 Å². The topological polar surface area (TPSA) is 49.4 Å². The van der Waals surface area contributed by atoms with Gasteiger partial charge in [-0.25, -0.2) is 8.42 Å². The fourth-order valence-electron chi connectivity index (χ4n) is 2.79. The van der Waals surface area contributed by atoms with Crippen LogP contribution in [0.4, 0.5) is 13.2 Å². The van der Waals surface area contributed by atoms with Crippen LogP contribution in [0.25, 0.3) is 0 Å². The van der Waals surface area contributed by atoms with E-state index >= 15 is 0 Å². The molecule has 24 heavy (non-hydrogen) atoms. The lowest BCUT2D eigenvalue weighted by atomic mass is 9.98. The van der Waals surface area contributed by atoms with Crippen molar-refractivity contribution in [1.29, 1.82) is 0 Å². The van der Waals surface area contributed by atoms with Crippen LogP contribution in [0.1, 0.15) is 25.3 Å². The molecule has 0 saturated carbocycles. The van der Waals surface area contributed by atoms with Gasteiger partial charge in [0.1, 0.15) is 0 Å². The normalized spacial score (nSPS) is 18.0. The molecule has 9 heteroatoms. The van der Waals surface area contributed by atoms with Crippen molar-refractivity contribution in [3.05, 3.63) is 28.8 Å². The lowest BCUT2D eigenvalue weighted by Crippen LogP contribution is -2.41. The van der Waals surface area contributed by atoms with Gasteiger partial charge in [-0.15, -0.1) is 0 Å². The molecule has 2 rings (SSSR count). The quantitative estimate of drug-likeness (QED) is 0.846. The average molecular weight is 385 g/mol. The fraction of sp³-hybridized carbons (Fsp3) is 0.600. The smallest absolute Gasteiger partial charge is 0.317 e. The summed E-state index contributed by atoms with van der Waals surface area (Å²) in [7, 11) is -4.20. The first-order valence-electron chi connectivity index (χ1n) is 7.74. The van der Waals surface area contributed by atoms with E-state index < -0.39 is 26.7 Å². The highest BCUT2D eigenvalue weighted by Crippen LogP contribution is 2.37. The lowest BCUT2D eigenvalue weighted by molar-refractivity contribution is -0.139. The Morgan fingerprint density at radius 1 is 1.29 bits per heavy atom. The van der Waals surface area contributed by atoms with Gasteiger partial charge in [0.25, 0.3) is 0 Å². The van der Waals surface area contributed by atoms with Crippen LogP contribution >= 0.6 is 11.6 Å². The molecule has 1 aromatic rings. The van der Waals surface area contributed by atoms with Gasteiger partial charge in [0, 0.05) is 18.1 Å². The molecule has 0 bridgehead atoms. The molecule has 0 radical (unpaired) electrons. The molecule has 136 valence electrons. The minimum absolute atomic E-state index is 0.148. The maximum atomic E-state index is 13.2. The standard InChI is InChI=1S/C15H20ClF3N2O2S/c1-2-20-10-11-5-7-21(8-6-11)24(22,23)14-4-3-12(16)9-13(14)15(17,18)19/h3-4,9,11,20H,2,5-8,10H2,1H3. The van der Waals surface area contributed by atoms with Crippen molar-refractivity contribution in [2.75, 3.05) is 26.2 Å². The van der Waals surface area contributed by atoms with Gasteiger partial charge in [-0.3, -0.25) is 0 Å². The van der Waals surface area contributed by atoms with Crippen molar-refractivity contribution in [3.8, 4) is 0 Å². The second kappa shape index (κ2) is 7.59. The first-order chi connectivity index (χ1) is 11.2. The predicted molar refractivity (Wildman–Crippen MR) is 86.5 cm³/mol. The third-order valence-corrected chi connectivity index (χ3v) is 6.31. The number of sulfonamides is 1. The van der Waals surface area contributed by atoms with Crippen LogP contribution in [0.15, 0.2) is 23.1 Å². The van der Waals surface area contributed by atoms with Crippen LogP contribution < -0.4 is 5.32 Å². The minimum atomic E-state index is -4.78. The molecule has 0 unspecified atom stereocenters. The molecule has 1 aromatic carbocycles. The first kappa shape index (κ1) is 19.5. The number of piperidine rings is 1. The molecule has 4 nitrogen and oxygen atoms in total. The van der Waals surface area contributed by atoms with Gasteiger partial charge < -0.3 is 5.32 Å². The summed E-state index contributed by atoms with van der Waals surface area (Å²) in [5.41, 5.74) is -1.22. The molecule has 1 aliphatic rings. The molecule has 0 amide bonds. The molecular formula is C15H20ClF3N2O2S. The Kier molecular flexibility index (Phi) is 6.17. The fourth-order valence-corrected chi connectivity index (χ4v) is 4.62. The summed E-state index contributed by atoms with van der Waals surface area (Å²) in [4.78, 5) is -0.732. The van der Waals surface area contributed by atoms with E-state index in [-0.39, 0.29) is 18.1 Å².